The summed E-state index contributed by atoms with van der Waals surface area (Å²) in [6.07, 6.45) is -0.180. The van der Waals surface area contributed by atoms with Gasteiger partial charge in [-0.25, -0.2) is 4.79 Å². The molecule has 1 N–H and O–H groups in total. The highest BCUT2D eigenvalue weighted by Crippen LogP contribution is 2.28. The Labute approximate surface area is 140 Å². The first-order valence-electron chi connectivity index (χ1n) is 7.63. The Morgan fingerprint density at radius 2 is 2.08 bits per heavy atom. The Kier molecular flexibility index (Phi) is 4.65. The third kappa shape index (κ3) is 3.48. The maximum absolute atomic E-state index is 12.3. The third-order valence-corrected chi connectivity index (χ3v) is 3.73. The standard InChI is InChI=1S/C18H18N2O4/c1-23-14-6-4-5-13(11-14)12-17(21)19-15-7-2-3-8-16(15)20-9-10-24-18(20)22/h2-8,11H,9-10,12H2,1H3,(H,19,21). The summed E-state index contributed by atoms with van der Waals surface area (Å²) in [5, 5.41) is 2.86. The van der Waals surface area contributed by atoms with Gasteiger partial charge in [0.15, 0.2) is 0 Å². The summed E-state index contributed by atoms with van der Waals surface area (Å²) in [4.78, 5) is 25.6. The van der Waals surface area contributed by atoms with Gasteiger partial charge in [0.05, 0.1) is 31.5 Å². The number of nitrogens with one attached hydrogen (secondary N) is 1. The molecule has 1 aliphatic rings. The number of methoxy groups -OCH3 is 1. The van der Waals surface area contributed by atoms with E-state index in [1.807, 2.05) is 36.4 Å². The topological polar surface area (TPSA) is 67.9 Å². The third-order valence-electron chi connectivity index (χ3n) is 3.73. The predicted molar refractivity (Wildman–Crippen MR) is 90.5 cm³/mol. The minimum atomic E-state index is -0.399. The van der Waals surface area contributed by atoms with Gasteiger partial charge >= 0.3 is 6.09 Å². The molecule has 3 rings (SSSR count). The molecule has 0 radical (unpaired) electrons. The van der Waals surface area contributed by atoms with Gasteiger partial charge in [-0.15, -0.1) is 0 Å². The molecule has 24 heavy (non-hydrogen) atoms. The molecule has 0 unspecified atom stereocenters. The maximum atomic E-state index is 12.3. The number of ether oxygens (including phenoxy) is 2. The molecule has 1 fully saturated rings. The monoisotopic (exact) mass is 326 g/mol. The van der Waals surface area contributed by atoms with Crippen LogP contribution >= 0.6 is 0 Å². The lowest BCUT2D eigenvalue weighted by Gasteiger charge is -2.17. The lowest BCUT2D eigenvalue weighted by Crippen LogP contribution is -2.25. The van der Waals surface area contributed by atoms with Gasteiger partial charge in [-0.05, 0) is 29.8 Å². The number of cyclic esters (lactones) is 1. The van der Waals surface area contributed by atoms with E-state index < -0.39 is 6.09 Å². The number of carbonyl (C=O) groups excluding carboxylic acids is 2. The van der Waals surface area contributed by atoms with Gasteiger partial charge in [0.25, 0.3) is 0 Å². The van der Waals surface area contributed by atoms with Gasteiger partial charge in [0, 0.05) is 0 Å². The van der Waals surface area contributed by atoms with Crippen molar-refractivity contribution in [3.05, 3.63) is 54.1 Å². The highest BCUT2D eigenvalue weighted by Gasteiger charge is 2.25. The Morgan fingerprint density at radius 1 is 1.25 bits per heavy atom. The zero-order valence-electron chi connectivity index (χ0n) is 13.3. The summed E-state index contributed by atoms with van der Waals surface area (Å²) in [6, 6.07) is 14.5. The van der Waals surface area contributed by atoms with Crippen LogP contribution < -0.4 is 15.0 Å². The van der Waals surface area contributed by atoms with E-state index in [-0.39, 0.29) is 12.3 Å². The molecule has 6 heteroatoms. The highest BCUT2D eigenvalue weighted by atomic mass is 16.6. The second-order valence-corrected chi connectivity index (χ2v) is 5.36. The second-order valence-electron chi connectivity index (χ2n) is 5.36. The molecular weight excluding hydrogens is 308 g/mol. The summed E-state index contributed by atoms with van der Waals surface area (Å²) in [5.74, 6) is 0.545. The van der Waals surface area contributed by atoms with Crippen LogP contribution in [0.25, 0.3) is 0 Å². The van der Waals surface area contributed by atoms with Gasteiger partial charge in [-0.2, -0.15) is 0 Å². The normalized spacial score (nSPS) is 13.5. The largest absolute Gasteiger partial charge is 0.497 e. The van der Waals surface area contributed by atoms with Crippen LogP contribution in [0.2, 0.25) is 0 Å². The van der Waals surface area contributed by atoms with Crippen molar-refractivity contribution in [1.29, 1.82) is 0 Å². The van der Waals surface area contributed by atoms with Crippen LogP contribution in [0.15, 0.2) is 48.5 Å². The van der Waals surface area contributed by atoms with Gasteiger partial charge in [0.2, 0.25) is 5.91 Å². The summed E-state index contributed by atoms with van der Waals surface area (Å²) in [5.41, 5.74) is 2.08. The van der Waals surface area contributed by atoms with E-state index in [9.17, 15) is 9.59 Å². The van der Waals surface area contributed by atoms with Crippen molar-refractivity contribution in [2.45, 2.75) is 6.42 Å². The fourth-order valence-corrected chi connectivity index (χ4v) is 2.59. The van der Waals surface area contributed by atoms with Crippen LogP contribution in [-0.4, -0.2) is 32.3 Å². The number of hydrogen-bond donors (Lipinski definition) is 1. The number of hydrogen-bond acceptors (Lipinski definition) is 4. The minimum absolute atomic E-state index is 0.164. The smallest absolute Gasteiger partial charge is 0.414 e. The Hall–Kier alpha value is -3.02. The molecule has 0 aliphatic carbocycles. The van der Waals surface area contributed by atoms with E-state index in [0.29, 0.717) is 30.3 Å². The van der Waals surface area contributed by atoms with Gasteiger partial charge in [-0.3, -0.25) is 9.69 Å². The molecule has 2 aromatic carbocycles. The summed E-state index contributed by atoms with van der Waals surface area (Å²) in [7, 11) is 1.59. The quantitative estimate of drug-likeness (QED) is 0.917. The highest BCUT2D eigenvalue weighted by molar-refractivity contribution is 6.00. The van der Waals surface area contributed by atoms with E-state index in [4.69, 9.17) is 9.47 Å². The van der Waals surface area contributed by atoms with Gasteiger partial charge in [-0.1, -0.05) is 24.3 Å². The van der Waals surface area contributed by atoms with E-state index >= 15 is 0 Å². The van der Waals surface area contributed by atoms with Crippen LogP contribution in [0, 0.1) is 0 Å². The van der Waals surface area contributed by atoms with Crippen LogP contribution in [0.1, 0.15) is 5.56 Å². The van der Waals surface area contributed by atoms with Crippen molar-refractivity contribution >= 4 is 23.4 Å². The number of rotatable bonds is 5. The van der Waals surface area contributed by atoms with Crippen LogP contribution in [0.5, 0.6) is 5.75 Å². The molecule has 0 bridgehead atoms. The van der Waals surface area contributed by atoms with Crippen molar-refractivity contribution in [1.82, 2.24) is 0 Å². The average molecular weight is 326 g/mol. The lowest BCUT2D eigenvalue weighted by atomic mass is 10.1. The fourth-order valence-electron chi connectivity index (χ4n) is 2.59. The molecule has 1 heterocycles. The molecule has 6 nitrogen and oxygen atoms in total. The molecule has 0 atom stereocenters. The Morgan fingerprint density at radius 3 is 2.83 bits per heavy atom. The van der Waals surface area contributed by atoms with Crippen molar-refractivity contribution in [3.63, 3.8) is 0 Å². The number of benzene rings is 2. The van der Waals surface area contributed by atoms with Gasteiger partial charge < -0.3 is 14.8 Å². The van der Waals surface area contributed by atoms with Gasteiger partial charge in [0.1, 0.15) is 12.4 Å². The van der Waals surface area contributed by atoms with Crippen molar-refractivity contribution < 1.29 is 19.1 Å². The summed E-state index contributed by atoms with van der Waals surface area (Å²) in [6.45, 7) is 0.826. The fraction of sp³-hybridized carbons (Fsp3) is 0.222. The first-order valence-corrected chi connectivity index (χ1v) is 7.63. The van der Waals surface area contributed by atoms with E-state index in [0.717, 1.165) is 5.56 Å². The summed E-state index contributed by atoms with van der Waals surface area (Å²) < 4.78 is 10.1. The predicted octanol–water partition coefficient (Wildman–Crippen LogP) is 2.83. The number of anilines is 2. The molecule has 0 spiro atoms. The average Bonchev–Trinajstić information content (AvgIpc) is 3.01. The minimum Gasteiger partial charge on any atom is -0.497 e. The lowest BCUT2D eigenvalue weighted by molar-refractivity contribution is -0.115. The molecular formula is C18H18N2O4. The molecule has 1 aliphatic heterocycles. The van der Waals surface area contributed by atoms with E-state index in [2.05, 4.69) is 5.32 Å². The van der Waals surface area contributed by atoms with Crippen molar-refractivity contribution in [3.8, 4) is 5.75 Å². The first-order chi connectivity index (χ1) is 11.7. The molecule has 0 aromatic heterocycles. The van der Waals surface area contributed by atoms with Crippen LogP contribution in [0.4, 0.5) is 16.2 Å². The zero-order valence-corrected chi connectivity index (χ0v) is 13.3. The molecule has 2 amide bonds. The zero-order chi connectivity index (χ0) is 16.9. The molecule has 0 saturated carbocycles. The molecule has 1 saturated heterocycles. The number of nitrogens with zero attached hydrogens (tertiary/aromatic N) is 1. The Bertz CT molecular complexity index is 760. The van der Waals surface area contributed by atoms with Crippen molar-refractivity contribution in [2.24, 2.45) is 0 Å². The van der Waals surface area contributed by atoms with E-state index in [1.165, 1.54) is 4.90 Å². The number of para-hydroxylation sites is 2. The summed E-state index contributed by atoms with van der Waals surface area (Å²) >= 11 is 0. The first kappa shape index (κ1) is 15.9. The number of carbonyl (C=O) groups is 2. The van der Waals surface area contributed by atoms with Crippen LogP contribution in [-0.2, 0) is 16.0 Å². The Balaban J connectivity index is 1.73. The number of amides is 2. The maximum Gasteiger partial charge on any atom is 0.414 e. The molecule has 124 valence electrons. The van der Waals surface area contributed by atoms with Crippen molar-refractivity contribution in [2.75, 3.05) is 30.5 Å². The molecule has 2 aromatic rings. The second kappa shape index (κ2) is 7.04. The van der Waals surface area contributed by atoms with Crippen LogP contribution in [0.3, 0.4) is 0 Å². The SMILES string of the molecule is COc1cccc(CC(=O)Nc2ccccc2N2CCOC2=O)c1. The van der Waals surface area contributed by atoms with E-state index in [1.54, 1.807) is 19.2 Å².